The van der Waals surface area contributed by atoms with E-state index in [-0.39, 0.29) is 24.6 Å². The summed E-state index contributed by atoms with van der Waals surface area (Å²) in [6, 6.07) is 5.06. The van der Waals surface area contributed by atoms with Gasteiger partial charge in [-0.25, -0.2) is 4.98 Å². The lowest BCUT2D eigenvalue weighted by Gasteiger charge is -2.18. The van der Waals surface area contributed by atoms with Crippen LogP contribution in [-0.2, 0) is 22.4 Å². The highest BCUT2D eigenvalue weighted by atomic mass is 32.1. The molecule has 1 atom stereocenters. The number of carbonyl (C=O) groups is 2. The predicted octanol–water partition coefficient (Wildman–Crippen LogP) is 2.79. The molecule has 26 heavy (non-hydrogen) atoms. The summed E-state index contributed by atoms with van der Waals surface area (Å²) < 4.78 is 15.7. The van der Waals surface area contributed by atoms with E-state index in [2.05, 4.69) is 10.3 Å². The van der Waals surface area contributed by atoms with Gasteiger partial charge in [0.05, 0.1) is 18.2 Å². The van der Waals surface area contributed by atoms with Gasteiger partial charge >= 0.3 is 5.97 Å². The minimum absolute atomic E-state index is 0.125. The summed E-state index contributed by atoms with van der Waals surface area (Å²) in [4.78, 5) is 30.0. The third kappa shape index (κ3) is 3.24. The summed E-state index contributed by atoms with van der Waals surface area (Å²) in [6.07, 6.45) is 2.06. The maximum Gasteiger partial charge on any atom is 0.309 e. The summed E-state index contributed by atoms with van der Waals surface area (Å²) in [5.74, 6) is 0.666. The number of hydrogen-bond acceptors (Lipinski definition) is 7. The van der Waals surface area contributed by atoms with Gasteiger partial charge in [0.1, 0.15) is 0 Å². The molecular weight excluding hydrogens is 356 g/mol. The predicted molar refractivity (Wildman–Crippen MR) is 94.8 cm³/mol. The SMILES string of the molecule is CCOC(=O)C1CCc2nc(NC(=O)c3ccc4c(c3)OCO4)sc2C1. The molecule has 2 aromatic rings. The molecular formula is C18H18N2O5S. The van der Waals surface area contributed by atoms with E-state index in [0.717, 1.165) is 23.4 Å². The van der Waals surface area contributed by atoms with Crippen molar-refractivity contribution in [3.63, 3.8) is 0 Å². The Morgan fingerprint density at radius 2 is 2.19 bits per heavy atom. The molecule has 1 aromatic carbocycles. The van der Waals surface area contributed by atoms with Crippen LogP contribution < -0.4 is 14.8 Å². The van der Waals surface area contributed by atoms with Crippen LogP contribution in [0.5, 0.6) is 11.5 Å². The van der Waals surface area contributed by atoms with Crippen LogP contribution in [0.1, 0.15) is 34.3 Å². The number of ether oxygens (including phenoxy) is 3. The number of aromatic nitrogens is 1. The zero-order valence-corrected chi connectivity index (χ0v) is 15.1. The molecule has 0 fully saturated rings. The van der Waals surface area contributed by atoms with Gasteiger partial charge in [0, 0.05) is 10.4 Å². The molecule has 1 aliphatic carbocycles. The zero-order chi connectivity index (χ0) is 18.1. The Morgan fingerprint density at radius 3 is 3.04 bits per heavy atom. The largest absolute Gasteiger partial charge is 0.466 e. The Kier molecular flexibility index (Phi) is 4.50. The number of carbonyl (C=O) groups excluding carboxylic acids is 2. The lowest BCUT2D eigenvalue weighted by Crippen LogP contribution is -2.24. The third-order valence-corrected chi connectivity index (χ3v) is 5.45. The van der Waals surface area contributed by atoms with Crippen LogP contribution in [0.4, 0.5) is 5.13 Å². The first-order chi connectivity index (χ1) is 12.6. The molecule has 0 radical (unpaired) electrons. The molecule has 1 aromatic heterocycles. The zero-order valence-electron chi connectivity index (χ0n) is 14.2. The molecule has 1 aliphatic heterocycles. The molecule has 1 N–H and O–H groups in total. The molecule has 2 heterocycles. The molecule has 8 heteroatoms. The Balaban J connectivity index is 1.45. The number of benzene rings is 1. The second kappa shape index (κ2) is 6.95. The molecule has 136 valence electrons. The molecule has 7 nitrogen and oxygen atoms in total. The monoisotopic (exact) mass is 374 g/mol. The van der Waals surface area contributed by atoms with Crippen LogP contribution in [0, 0.1) is 5.92 Å². The summed E-state index contributed by atoms with van der Waals surface area (Å²) in [6.45, 7) is 2.37. The lowest BCUT2D eigenvalue weighted by atomic mass is 9.91. The van der Waals surface area contributed by atoms with Gasteiger partial charge in [-0.3, -0.25) is 14.9 Å². The number of fused-ring (bicyclic) bond motifs is 2. The van der Waals surface area contributed by atoms with Gasteiger partial charge in [-0.05, 0) is 44.4 Å². The molecule has 0 bridgehead atoms. The average molecular weight is 374 g/mol. The first kappa shape index (κ1) is 16.8. The standard InChI is InChI=1S/C18H18N2O5S/c1-2-23-17(22)11-3-5-12-15(8-11)26-18(19-12)20-16(21)10-4-6-13-14(7-10)25-9-24-13/h4,6-7,11H,2-3,5,8-9H2,1H3,(H,19,20,21). The minimum atomic E-state index is -0.253. The Labute approximate surface area is 154 Å². The fourth-order valence-corrected chi connectivity index (χ4v) is 4.18. The minimum Gasteiger partial charge on any atom is -0.466 e. The smallest absolute Gasteiger partial charge is 0.309 e. The molecule has 0 saturated carbocycles. The normalized spacial score (nSPS) is 17.5. The van der Waals surface area contributed by atoms with Crippen molar-refractivity contribution in [3.05, 3.63) is 34.3 Å². The molecule has 0 saturated heterocycles. The lowest BCUT2D eigenvalue weighted by molar-refractivity contribution is -0.148. The quantitative estimate of drug-likeness (QED) is 0.828. The highest BCUT2D eigenvalue weighted by molar-refractivity contribution is 7.15. The summed E-state index contributed by atoms with van der Waals surface area (Å²) in [7, 11) is 0. The number of hydrogen-bond donors (Lipinski definition) is 1. The highest BCUT2D eigenvalue weighted by Crippen LogP contribution is 2.34. The van der Waals surface area contributed by atoms with E-state index in [1.54, 1.807) is 18.2 Å². The van der Waals surface area contributed by atoms with E-state index < -0.39 is 0 Å². The number of rotatable bonds is 4. The average Bonchev–Trinajstić information content (AvgIpc) is 3.26. The highest BCUT2D eigenvalue weighted by Gasteiger charge is 2.29. The maximum atomic E-state index is 12.5. The summed E-state index contributed by atoms with van der Waals surface area (Å²) >= 11 is 1.42. The topological polar surface area (TPSA) is 86.8 Å². The van der Waals surface area contributed by atoms with Gasteiger partial charge in [-0.15, -0.1) is 11.3 Å². The molecule has 0 spiro atoms. The van der Waals surface area contributed by atoms with Gasteiger partial charge in [-0.2, -0.15) is 0 Å². The van der Waals surface area contributed by atoms with Crippen molar-refractivity contribution in [1.82, 2.24) is 4.98 Å². The van der Waals surface area contributed by atoms with Gasteiger partial charge in [0.2, 0.25) is 6.79 Å². The van der Waals surface area contributed by atoms with E-state index in [1.807, 2.05) is 6.92 Å². The van der Waals surface area contributed by atoms with Crippen molar-refractivity contribution in [3.8, 4) is 11.5 Å². The van der Waals surface area contributed by atoms with Crippen molar-refractivity contribution in [1.29, 1.82) is 0 Å². The Morgan fingerprint density at radius 1 is 1.35 bits per heavy atom. The van der Waals surface area contributed by atoms with Crippen LogP contribution in [-0.4, -0.2) is 30.3 Å². The molecule has 2 aliphatic rings. The molecule has 1 amide bonds. The second-order valence-electron chi connectivity index (χ2n) is 6.10. The van der Waals surface area contributed by atoms with Crippen LogP contribution in [0.2, 0.25) is 0 Å². The number of nitrogens with zero attached hydrogens (tertiary/aromatic N) is 1. The van der Waals surface area contributed by atoms with E-state index in [4.69, 9.17) is 14.2 Å². The number of anilines is 1. The Bertz CT molecular complexity index is 863. The van der Waals surface area contributed by atoms with Crippen molar-refractivity contribution >= 4 is 28.3 Å². The van der Waals surface area contributed by atoms with E-state index in [0.29, 0.717) is 35.2 Å². The van der Waals surface area contributed by atoms with Crippen LogP contribution in [0.15, 0.2) is 18.2 Å². The number of aryl methyl sites for hydroxylation is 1. The van der Waals surface area contributed by atoms with Gasteiger partial charge in [0.25, 0.3) is 5.91 Å². The van der Waals surface area contributed by atoms with Crippen molar-refractivity contribution in [2.24, 2.45) is 5.92 Å². The van der Waals surface area contributed by atoms with Gasteiger partial charge in [-0.1, -0.05) is 0 Å². The van der Waals surface area contributed by atoms with E-state index >= 15 is 0 Å². The first-order valence-electron chi connectivity index (χ1n) is 8.50. The van der Waals surface area contributed by atoms with Crippen molar-refractivity contribution in [2.75, 3.05) is 18.7 Å². The van der Waals surface area contributed by atoms with Crippen molar-refractivity contribution < 1.29 is 23.8 Å². The van der Waals surface area contributed by atoms with Crippen LogP contribution in [0.25, 0.3) is 0 Å². The number of thiazole rings is 1. The summed E-state index contributed by atoms with van der Waals surface area (Å²) in [5, 5.41) is 3.38. The third-order valence-electron chi connectivity index (χ3n) is 4.41. The van der Waals surface area contributed by atoms with E-state index in [1.165, 1.54) is 11.3 Å². The first-order valence-corrected chi connectivity index (χ1v) is 9.32. The van der Waals surface area contributed by atoms with E-state index in [9.17, 15) is 9.59 Å². The summed E-state index contributed by atoms with van der Waals surface area (Å²) in [5.41, 5.74) is 1.43. The fraction of sp³-hybridized carbons (Fsp3) is 0.389. The van der Waals surface area contributed by atoms with Gasteiger partial charge in [0.15, 0.2) is 16.6 Å². The molecule has 4 rings (SSSR count). The number of esters is 1. The molecule has 1 unspecified atom stereocenters. The number of nitrogens with one attached hydrogen (secondary N) is 1. The number of amides is 1. The second-order valence-corrected chi connectivity index (χ2v) is 7.19. The van der Waals surface area contributed by atoms with Crippen molar-refractivity contribution in [2.45, 2.75) is 26.2 Å². The van der Waals surface area contributed by atoms with Crippen LogP contribution >= 0.6 is 11.3 Å². The van der Waals surface area contributed by atoms with Gasteiger partial charge < -0.3 is 14.2 Å². The Hall–Kier alpha value is -2.61. The fourth-order valence-electron chi connectivity index (χ4n) is 3.10. The maximum absolute atomic E-state index is 12.5. The van der Waals surface area contributed by atoms with Crippen LogP contribution in [0.3, 0.4) is 0 Å².